The maximum atomic E-state index is 4.49. The van der Waals surface area contributed by atoms with Crippen LogP contribution in [-0.4, -0.2) is 41.6 Å². The smallest absolute Gasteiger partial charge is 0.147 e. The number of thioether (sulfide) groups is 1. The zero-order valence-electron chi connectivity index (χ0n) is 10.5. The molecule has 94 valence electrons. The fraction of sp³-hybridized carbons (Fsp3) is 0.667. The molecular weight excluding hydrogens is 232 g/mol. The minimum absolute atomic E-state index is 0.780. The van der Waals surface area contributed by atoms with Gasteiger partial charge in [-0.1, -0.05) is 0 Å². The first kappa shape index (κ1) is 12.6. The van der Waals surface area contributed by atoms with Crippen LogP contribution < -0.4 is 10.2 Å². The second-order valence-electron chi connectivity index (χ2n) is 4.32. The molecule has 2 heterocycles. The van der Waals surface area contributed by atoms with Crippen LogP contribution in [0.1, 0.15) is 18.5 Å². The van der Waals surface area contributed by atoms with Crippen LogP contribution in [0.4, 0.5) is 5.82 Å². The van der Waals surface area contributed by atoms with E-state index in [-0.39, 0.29) is 0 Å². The van der Waals surface area contributed by atoms with Crippen molar-refractivity contribution in [3.8, 4) is 0 Å². The average molecular weight is 252 g/mol. The Hall–Kier alpha value is -0.810. The first-order valence-corrected chi connectivity index (χ1v) is 7.35. The molecule has 4 nitrogen and oxygen atoms in total. The van der Waals surface area contributed by atoms with Crippen molar-refractivity contribution in [2.45, 2.75) is 24.6 Å². The Kier molecular flexibility index (Phi) is 4.62. The van der Waals surface area contributed by atoms with Crippen LogP contribution in [0.2, 0.25) is 0 Å². The van der Waals surface area contributed by atoms with Gasteiger partial charge in [-0.05, 0) is 26.1 Å². The summed E-state index contributed by atoms with van der Waals surface area (Å²) in [5.74, 6) is 1.02. The van der Waals surface area contributed by atoms with Crippen LogP contribution in [0.15, 0.2) is 12.4 Å². The minimum Gasteiger partial charge on any atom is -0.355 e. The summed E-state index contributed by atoms with van der Waals surface area (Å²) in [5, 5.41) is 3.90. The number of hydrogen-bond donors (Lipinski definition) is 1. The Bertz CT molecular complexity index is 333. The van der Waals surface area contributed by atoms with E-state index in [9.17, 15) is 0 Å². The molecule has 1 aliphatic rings. The lowest BCUT2D eigenvalue weighted by Crippen LogP contribution is -2.35. The number of nitrogens with one attached hydrogen (secondary N) is 1. The van der Waals surface area contributed by atoms with Gasteiger partial charge in [0.25, 0.3) is 0 Å². The van der Waals surface area contributed by atoms with Crippen LogP contribution in [0, 0.1) is 0 Å². The zero-order valence-corrected chi connectivity index (χ0v) is 11.3. The highest BCUT2D eigenvalue weighted by Crippen LogP contribution is 2.23. The summed E-state index contributed by atoms with van der Waals surface area (Å²) >= 11 is 1.98. The molecular formula is C12H20N4S. The molecule has 0 saturated carbocycles. The third kappa shape index (κ3) is 3.33. The highest BCUT2D eigenvalue weighted by atomic mass is 32.2. The van der Waals surface area contributed by atoms with Crippen LogP contribution in [0.25, 0.3) is 0 Å². The highest BCUT2D eigenvalue weighted by molar-refractivity contribution is 7.99. The van der Waals surface area contributed by atoms with E-state index < -0.39 is 0 Å². The third-order valence-corrected chi connectivity index (χ3v) is 4.29. The molecule has 1 saturated heterocycles. The molecule has 0 aliphatic carbocycles. The summed E-state index contributed by atoms with van der Waals surface area (Å²) in [4.78, 5) is 11.2. The predicted molar refractivity (Wildman–Crippen MR) is 73.5 cm³/mol. The first-order chi connectivity index (χ1) is 8.33. The van der Waals surface area contributed by atoms with Gasteiger partial charge in [0.1, 0.15) is 5.82 Å². The molecule has 0 spiro atoms. The largest absolute Gasteiger partial charge is 0.355 e. The van der Waals surface area contributed by atoms with Crippen molar-refractivity contribution >= 4 is 17.6 Å². The van der Waals surface area contributed by atoms with Crippen LogP contribution in [0.3, 0.4) is 0 Å². The Morgan fingerprint density at radius 3 is 2.65 bits per heavy atom. The van der Waals surface area contributed by atoms with Crippen LogP contribution in [0.5, 0.6) is 0 Å². The topological polar surface area (TPSA) is 41.1 Å². The average Bonchev–Trinajstić information content (AvgIpc) is 2.40. The van der Waals surface area contributed by atoms with Gasteiger partial charge in [-0.25, -0.2) is 4.98 Å². The second-order valence-corrected chi connectivity index (χ2v) is 5.46. The lowest BCUT2D eigenvalue weighted by Gasteiger charge is -2.31. The summed E-state index contributed by atoms with van der Waals surface area (Å²) in [7, 11) is 1.92. The summed E-state index contributed by atoms with van der Waals surface area (Å²) in [6.45, 7) is 2.99. The van der Waals surface area contributed by atoms with Gasteiger partial charge in [0, 0.05) is 24.9 Å². The van der Waals surface area contributed by atoms with Crippen molar-refractivity contribution in [3.05, 3.63) is 18.1 Å². The first-order valence-electron chi connectivity index (χ1n) is 6.06. The van der Waals surface area contributed by atoms with E-state index in [2.05, 4.69) is 26.4 Å². The molecule has 0 radical (unpaired) electrons. The fourth-order valence-electron chi connectivity index (χ4n) is 2.10. The number of aromatic nitrogens is 2. The Morgan fingerprint density at radius 1 is 1.35 bits per heavy atom. The predicted octanol–water partition coefficient (Wildman–Crippen LogP) is 1.53. The Balaban J connectivity index is 1.94. The van der Waals surface area contributed by atoms with Crippen LogP contribution >= 0.6 is 11.8 Å². The number of anilines is 1. The molecule has 1 aliphatic heterocycles. The van der Waals surface area contributed by atoms with Gasteiger partial charge in [0.2, 0.25) is 0 Å². The number of rotatable bonds is 4. The summed E-state index contributed by atoms with van der Waals surface area (Å²) < 4.78 is 0. The van der Waals surface area contributed by atoms with Gasteiger partial charge >= 0.3 is 0 Å². The molecule has 0 unspecified atom stereocenters. The van der Waals surface area contributed by atoms with Gasteiger partial charge in [-0.2, -0.15) is 11.8 Å². The van der Waals surface area contributed by atoms with E-state index in [0.717, 1.165) is 36.4 Å². The molecule has 0 atom stereocenters. The second kappa shape index (κ2) is 6.21. The van der Waals surface area contributed by atoms with Gasteiger partial charge in [0.15, 0.2) is 0 Å². The van der Waals surface area contributed by atoms with Crippen molar-refractivity contribution < 1.29 is 0 Å². The SMILES string of the molecule is CNCc1cnc(N2CCC(SC)CC2)cn1. The molecule has 17 heavy (non-hydrogen) atoms. The van der Waals surface area contributed by atoms with E-state index in [1.54, 1.807) is 0 Å². The maximum Gasteiger partial charge on any atom is 0.147 e. The van der Waals surface area contributed by atoms with E-state index in [4.69, 9.17) is 0 Å². The lowest BCUT2D eigenvalue weighted by molar-refractivity contribution is 0.585. The zero-order chi connectivity index (χ0) is 12.1. The third-order valence-electron chi connectivity index (χ3n) is 3.15. The van der Waals surface area contributed by atoms with Crippen molar-refractivity contribution in [2.75, 3.05) is 31.3 Å². The van der Waals surface area contributed by atoms with E-state index in [0.29, 0.717) is 0 Å². The number of piperidine rings is 1. The van der Waals surface area contributed by atoms with Crippen molar-refractivity contribution in [1.29, 1.82) is 0 Å². The quantitative estimate of drug-likeness (QED) is 0.880. The number of nitrogens with zero attached hydrogens (tertiary/aromatic N) is 3. The maximum absolute atomic E-state index is 4.49. The van der Waals surface area contributed by atoms with Gasteiger partial charge in [-0.15, -0.1) is 0 Å². The molecule has 1 N–H and O–H groups in total. The normalized spacial score (nSPS) is 17.4. The molecule has 1 aromatic heterocycles. The summed E-state index contributed by atoms with van der Waals surface area (Å²) in [6, 6.07) is 0. The highest BCUT2D eigenvalue weighted by Gasteiger charge is 2.19. The monoisotopic (exact) mass is 252 g/mol. The van der Waals surface area contributed by atoms with Gasteiger partial charge in [0.05, 0.1) is 18.1 Å². The molecule has 0 aromatic carbocycles. The fourth-order valence-corrected chi connectivity index (χ4v) is 2.79. The molecule has 1 aromatic rings. The Morgan fingerprint density at radius 2 is 2.12 bits per heavy atom. The standard InChI is InChI=1S/C12H20N4S/c1-13-7-10-8-15-12(9-14-10)16-5-3-11(17-2)4-6-16/h8-9,11,13H,3-7H2,1-2H3. The Labute approximate surface area is 107 Å². The van der Waals surface area contributed by atoms with Crippen LogP contribution in [-0.2, 0) is 6.54 Å². The lowest BCUT2D eigenvalue weighted by atomic mass is 10.1. The van der Waals surface area contributed by atoms with Crippen molar-refractivity contribution in [2.24, 2.45) is 0 Å². The van der Waals surface area contributed by atoms with Crippen molar-refractivity contribution in [3.63, 3.8) is 0 Å². The molecule has 1 fully saturated rings. The summed E-state index contributed by atoms with van der Waals surface area (Å²) in [6.07, 6.45) is 8.47. The van der Waals surface area contributed by atoms with E-state index >= 15 is 0 Å². The van der Waals surface area contributed by atoms with E-state index in [1.165, 1.54) is 12.8 Å². The minimum atomic E-state index is 0.780. The summed E-state index contributed by atoms with van der Waals surface area (Å²) in [5.41, 5.74) is 0.996. The van der Waals surface area contributed by atoms with Gasteiger partial charge in [-0.3, -0.25) is 4.98 Å². The van der Waals surface area contributed by atoms with Crippen molar-refractivity contribution in [1.82, 2.24) is 15.3 Å². The molecule has 5 heteroatoms. The molecule has 2 rings (SSSR count). The molecule has 0 bridgehead atoms. The van der Waals surface area contributed by atoms with Gasteiger partial charge < -0.3 is 10.2 Å². The number of hydrogen-bond acceptors (Lipinski definition) is 5. The van der Waals surface area contributed by atoms with E-state index in [1.807, 2.05) is 31.2 Å². The molecule has 0 amide bonds.